The zero-order valence-corrected chi connectivity index (χ0v) is 19.0. The summed E-state index contributed by atoms with van der Waals surface area (Å²) in [6.45, 7) is 4.03. The number of halogens is 2. The first-order valence-electron chi connectivity index (χ1n) is 10.3. The molecule has 4 rings (SSSR count). The summed E-state index contributed by atoms with van der Waals surface area (Å²) < 4.78 is 26.6. The zero-order valence-electron chi connectivity index (χ0n) is 18.2. The highest BCUT2D eigenvalue weighted by Crippen LogP contribution is 2.30. The van der Waals surface area contributed by atoms with E-state index < -0.39 is 0 Å². The molecular weight excluding hydrogens is 435 g/mol. The lowest BCUT2D eigenvalue weighted by Gasteiger charge is -2.40. The van der Waals surface area contributed by atoms with Crippen molar-refractivity contribution < 1.29 is 13.9 Å². The van der Waals surface area contributed by atoms with Gasteiger partial charge in [0, 0.05) is 33.3 Å². The van der Waals surface area contributed by atoms with Crippen LogP contribution >= 0.6 is 12.4 Å². The third kappa shape index (κ3) is 5.17. The topological polar surface area (TPSA) is 68.5 Å². The predicted molar refractivity (Wildman–Crippen MR) is 122 cm³/mol. The van der Waals surface area contributed by atoms with Crippen molar-refractivity contribution in [3.8, 4) is 5.75 Å². The van der Waals surface area contributed by atoms with Gasteiger partial charge >= 0.3 is 0 Å². The number of rotatable bonds is 8. The highest BCUT2D eigenvalue weighted by Gasteiger charge is 2.31. The third-order valence-electron chi connectivity index (χ3n) is 5.62. The Morgan fingerprint density at radius 3 is 2.38 bits per heavy atom. The number of tetrazole rings is 1. The maximum Gasteiger partial charge on any atom is 0.173 e. The SMILES string of the molecule is COCCn1nnnc1C(c1ccc(OC)cc1)N1CCN(c2ccccc2F)CC1.Cl. The Balaban J connectivity index is 0.00000289. The second-order valence-electron chi connectivity index (χ2n) is 7.40. The monoisotopic (exact) mass is 462 g/mol. The van der Waals surface area contributed by atoms with Crippen LogP contribution in [-0.4, -0.2) is 72.1 Å². The number of hydrogen-bond acceptors (Lipinski definition) is 7. The van der Waals surface area contributed by atoms with E-state index in [1.807, 2.05) is 36.4 Å². The van der Waals surface area contributed by atoms with Gasteiger partial charge in [-0.3, -0.25) is 4.90 Å². The van der Waals surface area contributed by atoms with E-state index in [-0.39, 0.29) is 24.3 Å². The number of anilines is 1. The zero-order chi connectivity index (χ0) is 21.6. The predicted octanol–water partition coefficient (Wildman–Crippen LogP) is 2.80. The highest BCUT2D eigenvalue weighted by molar-refractivity contribution is 5.85. The van der Waals surface area contributed by atoms with Crippen molar-refractivity contribution in [1.29, 1.82) is 0 Å². The second kappa shape index (κ2) is 11.2. The van der Waals surface area contributed by atoms with Crippen LogP contribution in [-0.2, 0) is 11.3 Å². The van der Waals surface area contributed by atoms with E-state index in [1.165, 1.54) is 6.07 Å². The molecule has 1 aliphatic heterocycles. The molecule has 2 heterocycles. The summed E-state index contributed by atoms with van der Waals surface area (Å²) in [5.74, 6) is 1.37. The first-order chi connectivity index (χ1) is 15.2. The minimum Gasteiger partial charge on any atom is -0.497 e. The molecule has 10 heteroatoms. The van der Waals surface area contributed by atoms with E-state index in [2.05, 4.69) is 25.3 Å². The molecule has 32 heavy (non-hydrogen) atoms. The van der Waals surface area contributed by atoms with Gasteiger partial charge in [0.2, 0.25) is 0 Å². The summed E-state index contributed by atoms with van der Waals surface area (Å²) in [5.41, 5.74) is 1.72. The molecule has 2 aromatic carbocycles. The molecular formula is C22H28ClFN6O2. The van der Waals surface area contributed by atoms with Crippen LogP contribution in [0.5, 0.6) is 5.75 Å². The number of hydrogen-bond donors (Lipinski definition) is 0. The van der Waals surface area contributed by atoms with Crippen molar-refractivity contribution in [2.75, 3.05) is 51.9 Å². The number of piperazine rings is 1. The summed E-state index contributed by atoms with van der Waals surface area (Å²) in [5, 5.41) is 12.4. The molecule has 1 fully saturated rings. The van der Waals surface area contributed by atoms with E-state index in [4.69, 9.17) is 9.47 Å². The minimum absolute atomic E-state index is 0. The molecule has 0 amide bonds. The van der Waals surface area contributed by atoms with Crippen LogP contribution in [0.15, 0.2) is 48.5 Å². The smallest absolute Gasteiger partial charge is 0.173 e. The number of ether oxygens (including phenoxy) is 2. The average molecular weight is 463 g/mol. The lowest BCUT2D eigenvalue weighted by atomic mass is 10.0. The maximum atomic E-state index is 14.3. The summed E-state index contributed by atoms with van der Waals surface area (Å²) >= 11 is 0. The lowest BCUT2D eigenvalue weighted by molar-refractivity contribution is 0.171. The van der Waals surface area contributed by atoms with Crippen LogP contribution in [0, 0.1) is 5.82 Å². The van der Waals surface area contributed by atoms with Gasteiger partial charge < -0.3 is 14.4 Å². The van der Waals surface area contributed by atoms with Gasteiger partial charge in [-0.1, -0.05) is 24.3 Å². The van der Waals surface area contributed by atoms with Crippen molar-refractivity contribution >= 4 is 18.1 Å². The summed E-state index contributed by atoms with van der Waals surface area (Å²) in [6.07, 6.45) is 0. The average Bonchev–Trinajstić information content (AvgIpc) is 3.27. The van der Waals surface area contributed by atoms with E-state index >= 15 is 0 Å². The van der Waals surface area contributed by atoms with Gasteiger partial charge in [-0.15, -0.1) is 17.5 Å². The van der Waals surface area contributed by atoms with Gasteiger partial charge in [-0.05, 0) is 40.3 Å². The summed E-state index contributed by atoms with van der Waals surface area (Å²) in [7, 11) is 3.31. The molecule has 1 saturated heterocycles. The van der Waals surface area contributed by atoms with E-state index in [9.17, 15) is 4.39 Å². The van der Waals surface area contributed by atoms with Crippen LogP contribution in [0.1, 0.15) is 17.4 Å². The quantitative estimate of drug-likeness (QED) is 0.510. The maximum absolute atomic E-state index is 14.3. The van der Waals surface area contributed by atoms with Crippen molar-refractivity contribution in [3.63, 3.8) is 0 Å². The molecule has 0 N–H and O–H groups in total. The molecule has 0 spiro atoms. The molecule has 1 atom stereocenters. The molecule has 1 unspecified atom stereocenters. The summed E-state index contributed by atoms with van der Waals surface area (Å²) in [4.78, 5) is 4.43. The first kappa shape index (κ1) is 23.9. The van der Waals surface area contributed by atoms with Crippen LogP contribution in [0.2, 0.25) is 0 Å². The van der Waals surface area contributed by atoms with Crippen molar-refractivity contribution in [3.05, 3.63) is 65.7 Å². The first-order valence-corrected chi connectivity index (χ1v) is 10.3. The Morgan fingerprint density at radius 1 is 1.00 bits per heavy atom. The number of para-hydroxylation sites is 1. The van der Waals surface area contributed by atoms with Crippen LogP contribution < -0.4 is 9.64 Å². The molecule has 1 aliphatic rings. The molecule has 3 aromatic rings. The van der Waals surface area contributed by atoms with Crippen molar-refractivity contribution in [2.24, 2.45) is 0 Å². The second-order valence-corrected chi connectivity index (χ2v) is 7.40. The van der Waals surface area contributed by atoms with Gasteiger partial charge in [0.15, 0.2) is 5.82 Å². The number of aromatic nitrogens is 4. The standard InChI is InChI=1S/C22H27FN6O2.ClH/c1-30-16-15-29-22(24-25-26-29)21(17-7-9-18(31-2)10-8-17)28-13-11-27(12-14-28)20-6-4-3-5-19(20)23;/h3-10,21H,11-16H2,1-2H3;1H. The fourth-order valence-electron chi connectivity index (χ4n) is 3.98. The number of nitrogens with zero attached hydrogens (tertiary/aromatic N) is 6. The van der Waals surface area contributed by atoms with Gasteiger partial charge in [0.1, 0.15) is 11.6 Å². The van der Waals surface area contributed by atoms with Gasteiger partial charge in [-0.25, -0.2) is 9.07 Å². The number of benzene rings is 2. The third-order valence-corrected chi connectivity index (χ3v) is 5.62. The molecule has 0 bridgehead atoms. The molecule has 0 radical (unpaired) electrons. The van der Waals surface area contributed by atoms with Gasteiger partial charge in [-0.2, -0.15) is 0 Å². The minimum atomic E-state index is -0.189. The molecule has 1 aromatic heterocycles. The van der Waals surface area contributed by atoms with Gasteiger partial charge in [0.05, 0.1) is 32.0 Å². The Morgan fingerprint density at radius 2 is 1.72 bits per heavy atom. The van der Waals surface area contributed by atoms with Crippen molar-refractivity contribution in [2.45, 2.75) is 12.6 Å². The Hall–Kier alpha value is -2.75. The number of methoxy groups -OCH3 is 2. The summed E-state index contributed by atoms with van der Waals surface area (Å²) in [6, 6.07) is 14.8. The molecule has 0 saturated carbocycles. The van der Waals surface area contributed by atoms with E-state index in [1.54, 1.807) is 25.0 Å². The van der Waals surface area contributed by atoms with Crippen LogP contribution in [0.3, 0.4) is 0 Å². The molecule has 172 valence electrons. The Bertz CT molecular complexity index is 979. The molecule has 8 nitrogen and oxygen atoms in total. The van der Waals surface area contributed by atoms with E-state index in [0.717, 1.165) is 30.2 Å². The van der Waals surface area contributed by atoms with Gasteiger partial charge in [0.25, 0.3) is 0 Å². The van der Waals surface area contributed by atoms with Crippen molar-refractivity contribution in [1.82, 2.24) is 25.1 Å². The fourth-order valence-corrected chi connectivity index (χ4v) is 3.98. The Labute approximate surface area is 193 Å². The largest absolute Gasteiger partial charge is 0.497 e. The highest BCUT2D eigenvalue weighted by atomic mass is 35.5. The fraction of sp³-hybridized carbons (Fsp3) is 0.409. The Kier molecular flexibility index (Phi) is 8.38. The lowest BCUT2D eigenvalue weighted by Crippen LogP contribution is -2.48. The van der Waals surface area contributed by atoms with Crippen LogP contribution in [0.4, 0.5) is 10.1 Å². The van der Waals surface area contributed by atoms with E-state index in [0.29, 0.717) is 31.9 Å². The molecule has 0 aliphatic carbocycles. The van der Waals surface area contributed by atoms with Crippen LogP contribution in [0.25, 0.3) is 0 Å². The normalized spacial score (nSPS) is 15.3.